The largest absolute Gasteiger partial charge is 0.0605 e. The van der Waals surface area contributed by atoms with Gasteiger partial charge in [-0.3, -0.25) is 0 Å². The van der Waals surface area contributed by atoms with Crippen LogP contribution < -0.4 is 0 Å². The molecule has 0 nitrogen and oxygen atoms in total. The van der Waals surface area contributed by atoms with Crippen LogP contribution in [0.15, 0.2) is 130 Å². The zero-order valence-electron chi connectivity index (χ0n) is 42.7. The number of hydrogen-bond donors (Lipinski definition) is 0. The minimum absolute atomic E-state index is 0.0747. The molecule has 0 radical (unpaired) electrons. The summed E-state index contributed by atoms with van der Waals surface area (Å²) in [6, 6.07) is 45.2. The van der Waals surface area contributed by atoms with Crippen LogP contribution in [0.25, 0.3) is 33.4 Å². The summed E-state index contributed by atoms with van der Waals surface area (Å²) in [5.41, 5.74) is 18.2. The minimum Gasteiger partial charge on any atom is -0.0605 e. The molecular formula is C61H77Br2I. The quantitative estimate of drug-likeness (QED) is 0.155. The first-order valence-electron chi connectivity index (χ1n) is 22.9. The highest BCUT2D eigenvalue weighted by Gasteiger charge is 2.24. The van der Waals surface area contributed by atoms with Crippen LogP contribution in [0, 0.1) is 10.5 Å². The molecule has 6 aromatic rings. The molecule has 0 aromatic heterocycles. The molecule has 0 aliphatic rings. The van der Waals surface area contributed by atoms with Crippen LogP contribution in [0.1, 0.15) is 164 Å². The van der Waals surface area contributed by atoms with Crippen LogP contribution in [-0.2, 0) is 32.5 Å². The Morgan fingerprint density at radius 1 is 0.297 bits per heavy atom. The summed E-state index contributed by atoms with van der Waals surface area (Å²) >= 11 is 9.28. The maximum atomic E-state index is 3.64. The van der Waals surface area contributed by atoms with Crippen LogP contribution in [0.5, 0.6) is 0 Å². The maximum absolute atomic E-state index is 3.64. The van der Waals surface area contributed by atoms with Gasteiger partial charge in [0, 0.05) is 12.5 Å². The van der Waals surface area contributed by atoms with Crippen molar-refractivity contribution in [2.75, 3.05) is 0 Å². The lowest BCUT2D eigenvalue weighted by molar-refractivity contribution is 0.568. The van der Waals surface area contributed by atoms with E-state index in [1.54, 1.807) is 0 Å². The van der Waals surface area contributed by atoms with Crippen LogP contribution in [0.4, 0.5) is 0 Å². The molecule has 6 aromatic carbocycles. The molecule has 0 aliphatic heterocycles. The molecule has 0 N–H and O–H groups in total. The van der Waals surface area contributed by atoms with Gasteiger partial charge in [0.2, 0.25) is 0 Å². The van der Waals surface area contributed by atoms with E-state index in [-0.39, 0.29) is 32.5 Å². The van der Waals surface area contributed by atoms with Crippen LogP contribution in [0.2, 0.25) is 0 Å². The summed E-state index contributed by atoms with van der Waals surface area (Å²) in [6.45, 7) is 43.6. The van der Waals surface area contributed by atoms with Crippen molar-refractivity contribution in [2.45, 2.75) is 164 Å². The van der Waals surface area contributed by atoms with Gasteiger partial charge in [-0.2, -0.15) is 0 Å². The fraction of sp³-hybridized carbons (Fsp3) is 0.410. The van der Waals surface area contributed by atoms with E-state index in [2.05, 4.69) is 295 Å². The molecule has 0 fully saturated rings. The zero-order chi connectivity index (χ0) is 48.4. The van der Waals surface area contributed by atoms with Crippen molar-refractivity contribution < 1.29 is 0 Å². The smallest absolute Gasteiger partial charge is 0.0185 e. The number of rotatable bonds is 3. The molecule has 0 atom stereocenters. The fourth-order valence-corrected chi connectivity index (χ4v) is 8.99. The monoisotopic (exact) mass is 1090 g/mol. The SMILES string of the molecule is Brc1cccc(I)c1.CC(C)(C)c1cc(-c2cccc(Br)c2)cc(-c2cc(C(C)(C)C)cc(C(C)(C)C)c2)c1.Cc1cc(-c2cc(C(C)(C)C)cc(C(C)(C)C)c2)cc(C(C)(C)C)c1. The third-order valence-electron chi connectivity index (χ3n) is 11.7. The summed E-state index contributed by atoms with van der Waals surface area (Å²) in [6.07, 6.45) is 0. The molecule has 0 heterocycles. The van der Waals surface area contributed by atoms with E-state index in [1.807, 2.05) is 12.1 Å². The first-order chi connectivity index (χ1) is 29.1. The van der Waals surface area contributed by atoms with Crippen LogP contribution in [0.3, 0.4) is 0 Å². The highest BCUT2D eigenvalue weighted by Crippen LogP contribution is 2.39. The first kappa shape index (κ1) is 53.6. The van der Waals surface area contributed by atoms with Gasteiger partial charge in [-0.1, -0.05) is 247 Å². The third kappa shape index (κ3) is 15.5. The van der Waals surface area contributed by atoms with E-state index in [0.29, 0.717) is 0 Å². The predicted molar refractivity (Wildman–Crippen MR) is 301 cm³/mol. The normalized spacial score (nSPS) is 12.5. The minimum atomic E-state index is 0.0747. The van der Waals surface area contributed by atoms with E-state index in [4.69, 9.17) is 0 Å². The van der Waals surface area contributed by atoms with Crippen molar-refractivity contribution in [3.05, 3.63) is 173 Å². The summed E-state index contributed by atoms with van der Waals surface area (Å²) in [7, 11) is 0. The Morgan fingerprint density at radius 2 is 0.578 bits per heavy atom. The summed E-state index contributed by atoms with van der Waals surface area (Å²) in [5.74, 6) is 0. The Morgan fingerprint density at radius 3 is 0.891 bits per heavy atom. The molecule has 0 bridgehead atoms. The molecule has 0 saturated heterocycles. The van der Waals surface area contributed by atoms with Crippen molar-refractivity contribution >= 4 is 54.5 Å². The Balaban J connectivity index is 0.000000242. The average molecular weight is 1100 g/mol. The molecule has 0 aliphatic carbocycles. The first-order valence-corrected chi connectivity index (χ1v) is 25.6. The average Bonchev–Trinajstić information content (AvgIpc) is 3.15. The maximum Gasteiger partial charge on any atom is 0.0185 e. The van der Waals surface area contributed by atoms with Crippen molar-refractivity contribution in [2.24, 2.45) is 0 Å². The van der Waals surface area contributed by atoms with Gasteiger partial charge in [0.1, 0.15) is 0 Å². The number of halogens is 3. The molecule has 342 valence electrons. The highest BCUT2D eigenvalue weighted by atomic mass is 127. The topological polar surface area (TPSA) is 0 Å². The fourth-order valence-electron chi connectivity index (χ4n) is 7.23. The summed E-state index contributed by atoms with van der Waals surface area (Å²) in [5, 5.41) is 0. The van der Waals surface area contributed by atoms with E-state index in [9.17, 15) is 0 Å². The van der Waals surface area contributed by atoms with Gasteiger partial charge in [-0.25, -0.2) is 0 Å². The molecule has 0 amide bonds. The molecule has 0 saturated carbocycles. The van der Waals surface area contributed by atoms with Crippen molar-refractivity contribution in [3.8, 4) is 33.4 Å². The number of hydrogen-bond acceptors (Lipinski definition) is 0. The lowest BCUT2D eigenvalue weighted by Gasteiger charge is -2.27. The van der Waals surface area contributed by atoms with Crippen LogP contribution >= 0.6 is 54.5 Å². The van der Waals surface area contributed by atoms with Gasteiger partial charge in [-0.05, 0) is 165 Å². The molecule has 0 unspecified atom stereocenters. The molecule has 6 rings (SSSR count). The Labute approximate surface area is 421 Å². The van der Waals surface area contributed by atoms with Crippen molar-refractivity contribution in [3.63, 3.8) is 0 Å². The van der Waals surface area contributed by atoms with Crippen molar-refractivity contribution in [1.82, 2.24) is 0 Å². The van der Waals surface area contributed by atoms with Gasteiger partial charge in [-0.15, -0.1) is 0 Å². The predicted octanol–water partition coefficient (Wildman–Crippen LogP) is 20.3. The zero-order valence-corrected chi connectivity index (χ0v) is 48.0. The standard InChI is InChI=1S/C30H37Br.C25H36.C6H4BrI/c1-28(2,3)24-14-21(20-11-10-12-27(31)18-20)13-22(15-24)23-16-25(29(4,5)6)19-26(17-23)30(7,8)9;1-17-11-18(13-20(12-17)23(2,3)4)19-14-21(24(5,6)7)16-22(15-19)25(8,9)10;7-5-2-1-3-6(8)4-5/h10-19H,1-9H3;11-16H,1-10H3;1-4H. The summed E-state index contributed by atoms with van der Waals surface area (Å²) in [4.78, 5) is 0. The van der Waals surface area contributed by atoms with E-state index >= 15 is 0 Å². The number of aryl methyl sites for hydroxylation is 1. The van der Waals surface area contributed by atoms with Gasteiger partial charge in [0.15, 0.2) is 0 Å². The van der Waals surface area contributed by atoms with Gasteiger partial charge < -0.3 is 0 Å². The lowest BCUT2D eigenvalue weighted by Crippen LogP contribution is -2.16. The Bertz CT molecular complexity index is 2450. The van der Waals surface area contributed by atoms with Gasteiger partial charge in [0.25, 0.3) is 0 Å². The molecule has 0 spiro atoms. The van der Waals surface area contributed by atoms with E-state index < -0.39 is 0 Å². The molecule has 3 heteroatoms. The van der Waals surface area contributed by atoms with E-state index in [0.717, 1.165) is 8.95 Å². The third-order valence-corrected chi connectivity index (χ3v) is 13.3. The highest BCUT2D eigenvalue weighted by molar-refractivity contribution is 14.1. The van der Waals surface area contributed by atoms with Gasteiger partial charge in [0.05, 0.1) is 0 Å². The van der Waals surface area contributed by atoms with E-state index in [1.165, 1.54) is 75.9 Å². The second-order valence-corrected chi connectivity index (χ2v) is 27.0. The van der Waals surface area contributed by atoms with Crippen molar-refractivity contribution in [1.29, 1.82) is 0 Å². The Kier molecular flexibility index (Phi) is 17.2. The van der Waals surface area contributed by atoms with Crippen LogP contribution in [-0.4, -0.2) is 0 Å². The second kappa shape index (κ2) is 20.5. The molecule has 64 heavy (non-hydrogen) atoms. The molecular weight excluding hydrogens is 1020 g/mol. The second-order valence-electron chi connectivity index (χ2n) is 23.9. The summed E-state index contributed by atoms with van der Waals surface area (Å²) < 4.78 is 3.51. The lowest BCUT2D eigenvalue weighted by atomic mass is 9.78. The Hall–Kier alpha value is -2.99. The number of benzene rings is 6. The van der Waals surface area contributed by atoms with Gasteiger partial charge >= 0.3 is 0 Å².